The van der Waals surface area contributed by atoms with Crippen molar-refractivity contribution < 1.29 is 4.39 Å². The number of benzene rings is 1. The maximum Gasteiger partial charge on any atom is 0.123 e. The summed E-state index contributed by atoms with van der Waals surface area (Å²) in [6, 6.07) is 6.71. The lowest BCUT2D eigenvalue weighted by Gasteiger charge is -2.00. The van der Waals surface area contributed by atoms with E-state index in [1.54, 1.807) is 0 Å². The normalized spacial score (nSPS) is 10.1. The van der Waals surface area contributed by atoms with Gasteiger partial charge in [-0.05, 0) is 36.3 Å². The molecule has 0 radical (unpaired) electrons. The topological polar surface area (TPSA) is 0 Å². The molecule has 0 N–H and O–H groups in total. The van der Waals surface area contributed by atoms with E-state index in [0.29, 0.717) is 0 Å². The van der Waals surface area contributed by atoms with Gasteiger partial charge in [-0.3, -0.25) is 0 Å². The molecule has 0 aliphatic carbocycles. The van der Waals surface area contributed by atoms with E-state index in [9.17, 15) is 4.39 Å². The predicted octanol–water partition coefficient (Wildman–Crippen LogP) is 4.03. The van der Waals surface area contributed by atoms with E-state index in [4.69, 9.17) is 0 Å². The van der Waals surface area contributed by atoms with E-state index < -0.39 is 0 Å². The molecule has 0 saturated carbocycles. The molecule has 0 spiro atoms. The van der Waals surface area contributed by atoms with Crippen LogP contribution in [0.25, 0.3) is 0 Å². The van der Waals surface area contributed by atoms with Gasteiger partial charge >= 0.3 is 0 Å². The first-order valence-corrected chi connectivity index (χ1v) is 5.91. The number of rotatable bonds is 6. The van der Waals surface area contributed by atoms with Gasteiger partial charge in [0.15, 0.2) is 0 Å². The quantitative estimate of drug-likeness (QED) is 0.504. The number of halogens is 1. The van der Waals surface area contributed by atoms with Gasteiger partial charge in [-0.15, -0.1) is 6.58 Å². The third kappa shape index (κ3) is 4.47. The fourth-order valence-corrected chi connectivity index (χ4v) is 2.04. The van der Waals surface area contributed by atoms with Crippen LogP contribution in [-0.2, 0) is 5.75 Å². The Balaban J connectivity index is 2.18. The molecule has 1 rings (SSSR count). The van der Waals surface area contributed by atoms with Crippen LogP contribution in [0.2, 0.25) is 0 Å². The van der Waals surface area contributed by atoms with Crippen molar-refractivity contribution in [3.8, 4) is 0 Å². The van der Waals surface area contributed by atoms with E-state index in [0.717, 1.165) is 17.9 Å². The summed E-state index contributed by atoms with van der Waals surface area (Å²) < 4.78 is 12.6. The van der Waals surface area contributed by atoms with Crippen molar-refractivity contribution in [3.05, 3.63) is 48.3 Å². The Morgan fingerprint density at radius 3 is 2.64 bits per heavy atom. The van der Waals surface area contributed by atoms with Crippen molar-refractivity contribution >= 4 is 11.8 Å². The molecule has 0 heterocycles. The highest BCUT2D eigenvalue weighted by Crippen LogP contribution is 2.14. The summed E-state index contributed by atoms with van der Waals surface area (Å²) in [6.07, 6.45) is 4.20. The molecule has 0 bridgehead atoms. The van der Waals surface area contributed by atoms with E-state index >= 15 is 0 Å². The molecule has 1 aromatic carbocycles. The lowest BCUT2D eigenvalue weighted by molar-refractivity contribution is 0.627. The molecule has 0 nitrogen and oxygen atoms in total. The Bertz CT molecular complexity index is 266. The predicted molar refractivity (Wildman–Crippen MR) is 62.0 cm³/mol. The van der Waals surface area contributed by atoms with Crippen LogP contribution in [0.15, 0.2) is 36.9 Å². The lowest BCUT2D eigenvalue weighted by Crippen LogP contribution is -1.83. The van der Waals surface area contributed by atoms with Gasteiger partial charge in [0.2, 0.25) is 0 Å². The third-order valence-corrected chi connectivity index (χ3v) is 2.99. The number of allylic oxidation sites excluding steroid dienone is 1. The van der Waals surface area contributed by atoms with Crippen molar-refractivity contribution in [1.82, 2.24) is 0 Å². The standard InChI is InChI=1S/C12H15FS/c1-2-3-4-9-14-10-11-5-7-12(13)8-6-11/h2,5-8H,1,3-4,9-10H2. The Kier molecular flexibility index (Phi) is 5.38. The summed E-state index contributed by atoms with van der Waals surface area (Å²) >= 11 is 1.88. The van der Waals surface area contributed by atoms with Crippen LogP contribution >= 0.6 is 11.8 Å². The SMILES string of the molecule is C=CCCCSCc1ccc(F)cc1. The second kappa shape index (κ2) is 6.66. The number of hydrogen-bond donors (Lipinski definition) is 0. The van der Waals surface area contributed by atoms with Gasteiger partial charge in [0.1, 0.15) is 5.82 Å². The second-order valence-corrected chi connectivity index (χ2v) is 4.22. The number of thioether (sulfide) groups is 1. The summed E-state index contributed by atoms with van der Waals surface area (Å²) in [5, 5.41) is 0. The minimum Gasteiger partial charge on any atom is -0.207 e. The van der Waals surface area contributed by atoms with E-state index in [1.807, 2.05) is 30.0 Å². The highest BCUT2D eigenvalue weighted by Gasteiger charge is 1.94. The van der Waals surface area contributed by atoms with Gasteiger partial charge in [0, 0.05) is 5.75 Å². The number of hydrogen-bond acceptors (Lipinski definition) is 1. The Hall–Kier alpha value is -0.760. The molecular weight excluding hydrogens is 195 g/mol. The molecule has 1 aromatic rings. The minimum atomic E-state index is -0.162. The fraction of sp³-hybridized carbons (Fsp3) is 0.333. The first-order chi connectivity index (χ1) is 6.83. The summed E-state index contributed by atoms with van der Waals surface area (Å²) in [7, 11) is 0. The first-order valence-electron chi connectivity index (χ1n) is 4.76. The van der Waals surface area contributed by atoms with Crippen LogP contribution in [0.3, 0.4) is 0 Å². The summed E-state index contributed by atoms with van der Waals surface area (Å²) in [6.45, 7) is 3.68. The molecule has 14 heavy (non-hydrogen) atoms. The molecule has 2 heteroatoms. The zero-order valence-electron chi connectivity index (χ0n) is 8.21. The maximum atomic E-state index is 12.6. The molecular formula is C12H15FS. The molecule has 0 saturated heterocycles. The Morgan fingerprint density at radius 2 is 2.00 bits per heavy atom. The van der Waals surface area contributed by atoms with Crippen LogP contribution in [0.5, 0.6) is 0 Å². The average Bonchev–Trinajstić information content (AvgIpc) is 2.21. The van der Waals surface area contributed by atoms with Crippen LogP contribution in [0, 0.1) is 5.82 Å². The molecule has 0 unspecified atom stereocenters. The van der Waals surface area contributed by atoms with Gasteiger partial charge in [-0.2, -0.15) is 11.8 Å². The lowest BCUT2D eigenvalue weighted by atomic mass is 10.2. The number of unbranched alkanes of at least 4 members (excludes halogenated alkanes) is 1. The monoisotopic (exact) mass is 210 g/mol. The second-order valence-electron chi connectivity index (χ2n) is 3.11. The van der Waals surface area contributed by atoms with Gasteiger partial charge in [-0.1, -0.05) is 18.2 Å². The Labute approximate surface area is 89.2 Å². The zero-order valence-corrected chi connectivity index (χ0v) is 9.02. The highest BCUT2D eigenvalue weighted by molar-refractivity contribution is 7.98. The van der Waals surface area contributed by atoms with E-state index in [2.05, 4.69) is 6.58 Å². The maximum absolute atomic E-state index is 12.6. The molecule has 0 aromatic heterocycles. The molecule has 76 valence electrons. The van der Waals surface area contributed by atoms with E-state index in [1.165, 1.54) is 24.1 Å². The largest absolute Gasteiger partial charge is 0.207 e. The third-order valence-electron chi connectivity index (χ3n) is 1.88. The fourth-order valence-electron chi connectivity index (χ4n) is 1.10. The van der Waals surface area contributed by atoms with Crippen LogP contribution < -0.4 is 0 Å². The minimum absolute atomic E-state index is 0.162. The van der Waals surface area contributed by atoms with Crippen molar-refractivity contribution in [2.24, 2.45) is 0 Å². The summed E-state index contributed by atoms with van der Waals surface area (Å²) in [5.41, 5.74) is 1.19. The average molecular weight is 210 g/mol. The van der Waals surface area contributed by atoms with Gasteiger partial charge < -0.3 is 0 Å². The first kappa shape index (κ1) is 11.3. The van der Waals surface area contributed by atoms with Gasteiger partial charge in [-0.25, -0.2) is 4.39 Å². The summed E-state index contributed by atoms with van der Waals surface area (Å²) in [4.78, 5) is 0. The Morgan fingerprint density at radius 1 is 1.29 bits per heavy atom. The zero-order chi connectivity index (χ0) is 10.2. The molecule has 0 aliphatic heterocycles. The van der Waals surface area contributed by atoms with E-state index in [-0.39, 0.29) is 5.82 Å². The van der Waals surface area contributed by atoms with Crippen LogP contribution in [0.1, 0.15) is 18.4 Å². The molecule has 0 amide bonds. The smallest absolute Gasteiger partial charge is 0.123 e. The molecule has 0 aliphatic rings. The van der Waals surface area contributed by atoms with Crippen LogP contribution in [-0.4, -0.2) is 5.75 Å². The molecule has 0 atom stereocenters. The molecule has 0 fully saturated rings. The van der Waals surface area contributed by atoms with Crippen molar-refractivity contribution in [1.29, 1.82) is 0 Å². The summed E-state index contributed by atoms with van der Waals surface area (Å²) in [5.74, 6) is 1.95. The van der Waals surface area contributed by atoms with Crippen molar-refractivity contribution in [3.63, 3.8) is 0 Å². The van der Waals surface area contributed by atoms with Gasteiger partial charge in [0.05, 0.1) is 0 Å². The van der Waals surface area contributed by atoms with Gasteiger partial charge in [0.25, 0.3) is 0 Å². The highest BCUT2D eigenvalue weighted by atomic mass is 32.2. The van der Waals surface area contributed by atoms with Crippen molar-refractivity contribution in [2.45, 2.75) is 18.6 Å². The van der Waals surface area contributed by atoms with Crippen molar-refractivity contribution in [2.75, 3.05) is 5.75 Å². The van der Waals surface area contributed by atoms with Crippen LogP contribution in [0.4, 0.5) is 4.39 Å².